The van der Waals surface area contributed by atoms with Crippen LogP contribution in [-0.4, -0.2) is 22.0 Å². The lowest BCUT2D eigenvalue weighted by atomic mass is 10.2. The molecule has 4 aromatic rings. The summed E-state index contributed by atoms with van der Waals surface area (Å²) >= 11 is 7.48. The lowest BCUT2D eigenvalue weighted by Crippen LogP contribution is -2.30. The maximum Gasteiger partial charge on any atom is 0.265 e. The van der Waals surface area contributed by atoms with Gasteiger partial charge in [-0.1, -0.05) is 29.0 Å². The zero-order valence-electron chi connectivity index (χ0n) is 14.9. The van der Waals surface area contributed by atoms with Gasteiger partial charge in [0.25, 0.3) is 5.91 Å². The number of thiazole rings is 1. The van der Waals surface area contributed by atoms with E-state index in [1.54, 1.807) is 37.4 Å². The molecule has 1 unspecified atom stereocenters. The SMILES string of the molecule is CC(Oc1cccc(Cl)c1)C(=O)Nc1ccc(-c2nc3cccnc3s2)cc1. The monoisotopic (exact) mass is 409 g/mol. The normalized spacial score (nSPS) is 11.9. The van der Waals surface area contributed by atoms with Crippen LogP contribution in [0.1, 0.15) is 6.92 Å². The van der Waals surface area contributed by atoms with Crippen molar-refractivity contribution in [3.05, 3.63) is 71.9 Å². The minimum atomic E-state index is -0.659. The number of hydrogen-bond donors (Lipinski definition) is 1. The number of nitrogens with one attached hydrogen (secondary N) is 1. The summed E-state index contributed by atoms with van der Waals surface area (Å²) < 4.78 is 5.64. The highest BCUT2D eigenvalue weighted by molar-refractivity contribution is 7.21. The zero-order chi connectivity index (χ0) is 19.5. The van der Waals surface area contributed by atoms with Crippen LogP contribution in [0.2, 0.25) is 5.02 Å². The highest BCUT2D eigenvalue weighted by Crippen LogP contribution is 2.29. The third kappa shape index (κ3) is 4.13. The summed E-state index contributed by atoms with van der Waals surface area (Å²) in [4.78, 5) is 22.2. The van der Waals surface area contributed by atoms with Gasteiger partial charge >= 0.3 is 0 Å². The summed E-state index contributed by atoms with van der Waals surface area (Å²) in [5.74, 6) is 0.312. The fourth-order valence-corrected chi connectivity index (χ4v) is 3.72. The predicted octanol–water partition coefficient (Wildman–Crippen LogP) is 5.42. The number of carbonyl (C=O) groups is 1. The molecule has 0 saturated carbocycles. The van der Waals surface area contributed by atoms with Gasteiger partial charge in [0.05, 0.1) is 0 Å². The second kappa shape index (κ2) is 7.96. The summed E-state index contributed by atoms with van der Waals surface area (Å²) in [7, 11) is 0. The minimum Gasteiger partial charge on any atom is -0.481 e. The van der Waals surface area contributed by atoms with Gasteiger partial charge in [-0.15, -0.1) is 0 Å². The minimum absolute atomic E-state index is 0.239. The second-order valence-corrected chi connectivity index (χ2v) is 7.54. The van der Waals surface area contributed by atoms with Gasteiger partial charge in [0.2, 0.25) is 0 Å². The third-order valence-corrected chi connectivity index (χ3v) is 5.31. The summed E-state index contributed by atoms with van der Waals surface area (Å²) in [6.07, 6.45) is 1.10. The topological polar surface area (TPSA) is 64.1 Å². The first-order chi connectivity index (χ1) is 13.6. The molecule has 1 amide bonds. The van der Waals surface area contributed by atoms with E-state index < -0.39 is 6.10 Å². The molecule has 28 heavy (non-hydrogen) atoms. The maximum absolute atomic E-state index is 12.4. The largest absolute Gasteiger partial charge is 0.481 e. The predicted molar refractivity (Wildman–Crippen MR) is 113 cm³/mol. The van der Waals surface area contributed by atoms with Crippen LogP contribution in [0.5, 0.6) is 5.75 Å². The van der Waals surface area contributed by atoms with E-state index in [0.29, 0.717) is 16.5 Å². The molecule has 0 saturated heterocycles. The van der Waals surface area contributed by atoms with Crippen molar-refractivity contribution < 1.29 is 9.53 Å². The molecule has 4 rings (SSSR count). The van der Waals surface area contributed by atoms with E-state index in [1.165, 1.54) is 11.3 Å². The molecule has 0 fully saturated rings. The van der Waals surface area contributed by atoms with Crippen molar-refractivity contribution >= 4 is 44.9 Å². The fourth-order valence-electron chi connectivity index (χ4n) is 2.63. The van der Waals surface area contributed by atoms with Crippen LogP contribution in [0.4, 0.5) is 5.69 Å². The van der Waals surface area contributed by atoms with E-state index in [1.807, 2.05) is 36.4 Å². The first-order valence-corrected chi connectivity index (χ1v) is 9.83. The smallest absolute Gasteiger partial charge is 0.265 e. The summed E-state index contributed by atoms with van der Waals surface area (Å²) in [6, 6.07) is 18.3. The van der Waals surface area contributed by atoms with E-state index in [-0.39, 0.29) is 5.91 Å². The molecule has 0 bridgehead atoms. The first-order valence-electron chi connectivity index (χ1n) is 8.63. The van der Waals surface area contributed by atoms with Crippen LogP contribution < -0.4 is 10.1 Å². The molecule has 2 aromatic heterocycles. The number of hydrogen-bond acceptors (Lipinski definition) is 5. The molecule has 0 aliphatic carbocycles. The van der Waals surface area contributed by atoms with Gasteiger partial charge in [0.15, 0.2) is 6.10 Å². The lowest BCUT2D eigenvalue weighted by Gasteiger charge is -2.15. The Kier molecular flexibility index (Phi) is 5.23. The van der Waals surface area contributed by atoms with Crippen LogP contribution in [0.25, 0.3) is 20.9 Å². The average Bonchev–Trinajstić information content (AvgIpc) is 3.13. The van der Waals surface area contributed by atoms with E-state index in [2.05, 4.69) is 15.3 Å². The highest BCUT2D eigenvalue weighted by atomic mass is 35.5. The molecular weight excluding hydrogens is 394 g/mol. The van der Waals surface area contributed by atoms with E-state index in [9.17, 15) is 4.79 Å². The number of fused-ring (bicyclic) bond motifs is 1. The van der Waals surface area contributed by atoms with Gasteiger partial charge in [-0.3, -0.25) is 4.79 Å². The van der Waals surface area contributed by atoms with Crippen LogP contribution in [0.3, 0.4) is 0 Å². The van der Waals surface area contributed by atoms with Crippen molar-refractivity contribution in [2.24, 2.45) is 0 Å². The Morgan fingerprint density at radius 3 is 2.71 bits per heavy atom. The summed E-state index contributed by atoms with van der Waals surface area (Å²) in [6.45, 7) is 1.69. The van der Waals surface area contributed by atoms with Crippen molar-refractivity contribution in [1.82, 2.24) is 9.97 Å². The van der Waals surface area contributed by atoms with Crippen molar-refractivity contribution in [1.29, 1.82) is 0 Å². The lowest BCUT2D eigenvalue weighted by molar-refractivity contribution is -0.122. The summed E-state index contributed by atoms with van der Waals surface area (Å²) in [5, 5.41) is 4.31. The number of anilines is 1. The van der Waals surface area contributed by atoms with E-state index in [4.69, 9.17) is 16.3 Å². The van der Waals surface area contributed by atoms with Crippen LogP contribution in [0, 0.1) is 0 Å². The van der Waals surface area contributed by atoms with Gasteiger partial charge in [-0.2, -0.15) is 0 Å². The van der Waals surface area contributed by atoms with Gasteiger partial charge in [0.1, 0.15) is 21.1 Å². The quantitative estimate of drug-likeness (QED) is 0.478. The van der Waals surface area contributed by atoms with Gasteiger partial charge in [-0.05, 0) is 61.5 Å². The molecule has 7 heteroatoms. The van der Waals surface area contributed by atoms with Crippen molar-refractivity contribution in [3.8, 4) is 16.3 Å². The van der Waals surface area contributed by atoms with Gasteiger partial charge in [-0.25, -0.2) is 9.97 Å². The standard InChI is InChI=1S/C21H16ClN3O2S/c1-13(27-17-5-2-4-15(22)12-17)19(26)24-16-9-7-14(8-10-16)20-25-18-6-3-11-23-21(18)28-20/h2-13H,1H3,(H,24,26). The Balaban J connectivity index is 1.43. The van der Waals surface area contributed by atoms with Gasteiger partial charge < -0.3 is 10.1 Å². The number of nitrogens with zero attached hydrogens (tertiary/aromatic N) is 2. The molecule has 0 aliphatic heterocycles. The molecule has 0 aliphatic rings. The third-order valence-electron chi connectivity index (χ3n) is 4.04. The number of aromatic nitrogens is 2. The Morgan fingerprint density at radius 2 is 1.96 bits per heavy atom. The second-order valence-electron chi connectivity index (χ2n) is 6.13. The molecule has 2 heterocycles. The maximum atomic E-state index is 12.4. The zero-order valence-corrected chi connectivity index (χ0v) is 16.5. The average molecular weight is 410 g/mol. The molecule has 0 spiro atoms. The van der Waals surface area contributed by atoms with Crippen molar-refractivity contribution in [2.45, 2.75) is 13.0 Å². The molecule has 2 aromatic carbocycles. The fraction of sp³-hybridized carbons (Fsp3) is 0.0952. The molecule has 1 atom stereocenters. The molecule has 140 valence electrons. The van der Waals surface area contributed by atoms with Crippen molar-refractivity contribution in [3.63, 3.8) is 0 Å². The number of rotatable bonds is 5. The molecule has 0 radical (unpaired) electrons. The van der Waals surface area contributed by atoms with E-state index in [0.717, 1.165) is 20.9 Å². The summed E-state index contributed by atoms with van der Waals surface area (Å²) in [5.41, 5.74) is 2.55. The Bertz CT molecular complexity index is 1090. The first kappa shape index (κ1) is 18.4. The van der Waals surface area contributed by atoms with Crippen LogP contribution >= 0.6 is 22.9 Å². The van der Waals surface area contributed by atoms with E-state index >= 15 is 0 Å². The number of pyridine rings is 1. The van der Waals surface area contributed by atoms with Crippen molar-refractivity contribution in [2.75, 3.05) is 5.32 Å². The molecule has 5 nitrogen and oxygen atoms in total. The number of amides is 1. The molecular formula is C21H16ClN3O2S. The van der Waals surface area contributed by atoms with Crippen LogP contribution in [0.15, 0.2) is 66.9 Å². The number of benzene rings is 2. The highest BCUT2D eigenvalue weighted by Gasteiger charge is 2.15. The van der Waals surface area contributed by atoms with Crippen LogP contribution in [-0.2, 0) is 4.79 Å². The number of halogens is 1. The number of ether oxygens (including phenoxy) is 1. The molecule has 1 N–H and O–H groups in total. The Hall–Kier alpha value is -2.96. The Labute approximate surface area is 171 Å². The van der Waals surface area contributed by atoms with Gasteiger partial charge in [0, 0.05) is 22.5 Å². The Morgan fingerprint density at radius 1 is 1.14 bits per heavy atom. The number of carbonyl (C=O) groups excluding carboxylic acids is 1.